The molecule has 1 aliphatic carbocycles. The van der Waals surface area contributed by atoms with Crippen LogP contribution in [0.5, 0.6) is 0 Å². The third-order valence-electron chi connectivity index (χ3n) is 4.09. The number of allylic oxidation sites excluding steroid dienone is 3. The molecule has 1 aliphatic rings. The number of nitrogens with zero attached hydrogens (tertiary/aromatic N) is 1. The summed E-state index contributed by atoms with van der Waals surface area (Å²) in [5, 5.41) is 11.5. The van der Waals surface area contributed by atoms with Crippen molar-refractivity contribution < 1.29 is 4.92 Å². The highest BCUT2D eigenvalue weighted by atomic mass is 16.6. The molecule has 0 saturated carbocycles. The van der Waals surface area contributed by atoms with Crippen LogP contribution < -0.4 is 0 Å². The van der Waals surface area contributed by atoms with Crippen LogP contribution in [-0.2, 0) is 0 Å². The molecule has 0 amide bonds. The number of hydrogen-bond donors (Lipinski definition) is 0. The first-order chi connectivity index (χ1) is 9.85. The number of benzene rings is 1. The van der Waals surface area contributed by atoms with Crippen LogP contribution in [0.1, 0.15) is 32.8 Å². The lowest BCUT2D eigenvalue weighted by Crippen LogP contribution is -2.48. The second-order valence-electron chi connectivity index (χ2n) is 6.42. The predicted octanol–water partition coefficient (Wildman–Crippen LogP) is 4.65. The molecule has 0 fully saturated rings. The molecule has 3 nitrogen and oxygen atoms in total. The van der Waals surface area contributed by atoms with Crippen LogP contribution in [0.4, 0.5) is 0 Å². The standard InChI is InChI=1S/C18H21NO2/c1-17(2,3)18(19(20)21)13-11-16(12-14-18)10-9-15-7-5-4-6-8-15/h4-13H,14H2,1-3H3. The SMILES string of the molecule is CC(C)(C)C1([N+](=O)[O-])C=CC(C=Cc2ccccc2)=CC1. The maximum atomic E-state index is 11.5. The summed E-state index contributed by atoms with van der Waals surface area (Å²) in [7, 11) is 0. The number of nitro groups is 1. The van der Waals surface area contributed by atoms with Gasteiger partial charge in [0.05, 0.1) is 0 Å². The molecule has 0 N–H and O–H groups in total. The Kier molecular flexibility index (Phi) is 4.12. The van der Waals surface area contributed by atoms with Crippen LogP contribution >= 0.6 is 0 Å². The van der Waals surface area contributed by atoms with Gasteiger partial charge < -0.3 is 0 Å². The minimum absolute atomic E-state index is 0.155. The van der Waals surface area contributed by atoms with Gasteiger partial charge in [0.2, 0.25) is 5.54 Å². The Morgan fingerprint density at radius 3 is 2.33 bits per heavy atom. The second kappa shape index (κ2) is 5.68. The fraction of sp³-hybridized carbons (Fsp3) is 0.333. The van der Waals surface area contributed by atoms with Gasteiger partial charge >= 0.3 is 0 Å². The largest absolute Gasteiger partial charge is 0.264 e. The van der Waals surface area contributed by atoms with Crippen LogP contribution in [0.25, 0.3) is 6.08 Å². The molecule has 2 rings (SSSR count). The summed E-state index contributed by atoms with van der Waals surface area (Å²) in [5.74, 6) is 0. The van der Waals surface area contributed by atoms with E-state index < -0.39 is 11.0 Å². The highest BCUT2D eigenvalue weighted by molar-refractivity contribution is 5.55. The summed E-state index contributed by atoms with van der Waals surface area (Å²) in [5.41, 5.74) is 0.698. The fourth-order valence-electron chi connectivity index (χ4n) is 2.49. The van der Waals surface area contributed by atoms with Gasteiger partial charge in [0.15, 0.2) is 0 Å². The smallest absolute Gasteiger partial charge is 0.248 e. The molecule has 1 atom stereocenters. The first-order valence-corrected chi connectivity index (χ1v) is 7.12. The lowest BCUT2D eigenvalue weighted by molar-refractivity contribution is -0.573. The summed E-state index contributed by atoms with van der Waals surface area (Å²) >= 11 is 0. The molecule has 0 radical (unpaired) electrons. The van der Waals surface area contributed by atoms with E-state index in [1.54, 1.807) is 6.08 Å². The van der Waals surface area contributed by atoms with Crippen molar-refractivity contribution in [2.75, 3.05) is 0 Å². The van der Waals surface area contributed by atoms with Crippen molar-refractivity contribution in [1.82, 2.24) is 0 Å². The molecule has 1 unspecified atom stereocenters. The molecule has 0 aromatic heterocycles. The second-order valence-corrected chi connectivity index (χ2v) is 6.42. The molecular formula is C18H21NO2. The van der Waals surface area contributed by atoms with Crippen molar-refractivity contribution in [3.05, 3.63) is 75.9 Å². The molecule has 3 heteroatoms. The molecule has 110 valence electrons. The lowest BCUT2D eigenvalue weighted by Gasteiger charge is -2.35. The summed E-state index contributed by atoms with van der Waals surface area (Å²) in [6.07, 6.45) is 10.0. The molecule has 0 spiro atoms. The van der Waals surface area contributed by atoms with Crippen LogP contribution in [0.3, 0.4) is 0 Å². The molecule has 0 heterocycles. The number of hydrogen-bond acceptors (Lipinski definition) is 2. The van der Waals surface area contributed by atoms with E-state index in [4.69, 9.17) is 0 Å². The highest BCUT2D eigenvalue weighted by Gasteiger charge is 2.51. The topological polar surface area (TPSA) is 43.1 Å². The van der Waals surface area contributed by atoms with E-state index in [2.05, 4.69) is 0 Å². The minimum atomic E-state index is -1.02. The Bertz CT molecular complexity index is 606. The number of rotatable bonds is 3. The van der Waals surface area contributed by atoms with E-state index in [0.717, 1.165) is 11.1 Å². The zero-order chi connectivity index (χ0) is 15.5. The maximum Gasteiger partial charge on any atom is 0.248 e. The third-order valence-corrected chi connectivity index (χ3v) is 4.09. The van der Waals surface area contributed by atoms with Gasteiger partial charge in [-0.25, -0.2) is 0 Å². The Labute approximate surface area is 125 Å². The Hall–Kier alpha value is -2.16. The predicted molar refractivity (Wildman–Crippen MR) is 86.5 cm³/mol. The quantitative estimate of drug-likeness (QED) is 0.598. The van der Waals surface area contributed by atoms with Gasteiger partial charge in [0.25, 0.3) is 0 Å². The van der Waals surface area contributed by atoms with Gasteiger partial charge in [-0.3, -0.25) is 10.1 Å². The van der Waals surface area contributed by atoms with Gasteiger partial charge in [-0.15, -0.1) is 0 Å². The maximum absolute atomic E-state index is 11.5. The first kappa shape index (κ1) is 15.2. The van der Waals surface area contributed by atoms with Crippen molar-refractivity contribution in [3.63, 3.8) is 0 Å². The van der Waals surface area contributed by atoms with E-state index in [0.29, 0.717) is 6.42 Å². The zero-order valence-electron chi connectivity index (χ0n) is 12.7. The van der Waals surface area contributed by atoms with Crippen molar-refractivity contribution in [2.45, 2.75) is 32.7 Å². The average molecular weight is 283 g/mol. The Morgan fingerprint density at radius 2 is 1.86 bits per heavy atom. The van der Waals surface area contributed by atoms with Crippen LogP contribution in [0.15, 0.2) is 60.2 Å². The molecule has 0 bridgehead atoms. The normalized spacial score (nSPS) is 22.3. The summed E-state index contributed by atoms with van der Waals surface area (Å²) in [4.78, 5) is 11.4. The minimum Gasteiger partial charge on any atom is -0.264 e. The van der Waals surface area contributed by atoms with Gasteiger partial charge in [-0.1, -0.05) is 75.4 Å². The van der Waals surface area contributed by atoms with Gasteiger partial charge in [-0.2, -0.15) is 0 Å². The van der Waals surface area contributed by atoms with E-state index in [1.807, 2.05) is 75.4 Å². The summed E-state index contributed by atoms with van der Waals surface area (Å²) in [6.45, 7) is 5.75. The van der Waals surface area contributed by atoms with Crippen molar-refractivity contribution in [2.24, 2.45) is 5.41 Å². The average Bonchev–Trinajstić information content (AvgIpc) is 2.45. The van der Waals surface area contributed by atoms with E-state index >= 15 is 0 Å². The van der Waals surface area contributed by atoms with E-state index in [9.17, 15) is 10.1 Å². The van der Waals surface area contributed by atoms with Gasteiger partial charge in [-0.05, 0) is 17.2 Å². The lowest BCUT2D eigenvalue weighted by atomic mass is 9.70. The Balaban J connectivity index is 2.18. The highest BCUT2D eigenvalue weighted by Crippen LogP contribution is 2.40. The third kappa shape index (κ3) is 3.13. The molecule has 0 aliphatic heterocycles. The molecule has 1 aromatic carbocycles. The van der Waals surface area contributed by atoms with Gasteiger partial charge in [0.1, 0.15) is 0 Å². The van der Waals surface area contributed by atoms with Crippen LogP contribution in [0.2, 0.25) is 0 Å². The van der Waals surface area contributed by atoms with E-state index in [1.165, 1.54) is 0 Å². The van der Waals surface area contributed by atoms with Crippen LogP contribution in [-0.4, -0.2) is 10.5 Å². The molecule has 1 aromatic rings. The van der Waals surface area contributed by atoms with Gasteiger partial charge in [0, 0.05) is 16.8 Å². The molecule has 0 saturated heterocycles. The summed E-state index contributed by atoms with van der Waals surface area (Å²) in [6, 6.07) is 10.0. The zero-order valence-corrected chi connectivity index (χ0v) is 12.7. The first-order valence-electron chi connectivity index (χ1n) is 7.12. The Morgan fingerprint density at radius 1 is 1.19 bits per heavy atom. The monoisotopic (exact) mass is 283 g/mol. The summed E-state index contributed by atoms with van der Waals surface area (Å²) < 4.78 is 0. The van der Waals surface area contributed by atoms with Crippen molar-refractivity contribution >= 4 is 6.08 Å². The molecule has 21 heavy (non-hydrogen) atoms. The van der Waals surface area contributed by atoms with Crippen LogP contribution in [0, 0.1) is 15.5 Å². The van der Waals surface area contributed by atoms with E-state index in [-0.39, 0.29) is 4.92 Å². The van der Waals surface area contributed by atoms with Crippen molar-refractivity contribution in [3.8, 4) is 0 Å². The fourth-order valence-corrected chi connectivity index (χ4v) is 2.49. The van der Waals surface area contributed by atoms with Crippen molar-refractivity contribution in [1.29, 1.82) is 0 Å². The molecular weight excluding hydrogens is 262 g/mol.